The molecule has 0 N–H and O–H groups in total. The molecule has 0 aromatic carbocycles. The number of hydrogen-bond acceptors (Lipinski definition) is 3. The van der Waals surface area contributed by atoms with E-state index in [9.17, 15) is 0 Å². The summed E-state index contributed by atoms with van der Waals surface area (Å²) in [4.78, 5) is 2.33. The first-order valence-electron chi connectivity index (χ1n) is 6.72. The monoisotopic (exact) mass is 271 g/mol. The van der Waals surface area contributed by atoms with Gasteiger partial charge in [-0.2, -0.15) is 5.10 Å². The van der Waals surface area contributed by atoms with Crippen LogP contribution in [0.2, 0.25) is 5.02 Å². The van der Waals surface area contributed by atoms with Crippen LogP contribution in [0, 0.1) is 0 Å². The summed E-state index contributed by atoms with van der Waals surface area (Å²) >= 11 is 5.82. The van der Waals surface area contributed by atoms with Crippen LogP contribution in [0.1, 0.15) is 25.7 Å². The second kappa shape index (κ2) is 7.12. The minimum Gasteiger partial charge on any atom is -0.378 e. The number of hydrogen-bond donors (Lipinski definition) is 0. The summed E-state index contributed by atoms with van der Waals surface area (Å²) < 4.78 is 7.62. The number of likely N-dealkylation sites (N-methyl/N-ethyl adjacent to an activating group) is 1. The Kier molecular flexibility index (Phi) is 5.47. The van der Waals surface area contributed by atoms with Gasteiger partial charge < -0.3 is 9.64 Å². The maximum absolute atomic E-state index is 5.82. The van der Waals surface area contributed by atoms with E-state index >= 15 is 0 Å². The van der Waals surface area contributed by atoms with Gasteiger partial charge in [0.2, 0.25) is 0 Å². The number of aromatic nitrogens is 2. The van der Waals surface area contributed by atoms with Crippen LogP contribution in [-0.2, 0) is 11.3 Å². The Morgan fingerprint density at radius 2 is 2.39 bits per heavy atom. The van der Waals surface area contributed by atoms with Gasteiger partial charge in [0.1, 0.15) is 0 Å². The standard InChI is InChI=1S/C13H22ClN3O/c1-16(6-5-13-4-2-3-9-18-13)7-8-17-11-12(14)10-15-17/h10-11,13H,2-9H2,1H3/t13-/m0/s1. The average molecular weight is 272 g/mol. The van der Waals surface area contributed by atoms with Crippen LogP contribution in [0.5, 0.6) is 0 Å². The Hall–Kier alpha value is -0.580. The van der Waals surface area contributed by atoms with Crippen LogP contribution in [0.3, 0.4) is 0 Å². The van der Waals surface area contributed by atoms with Gasteiger partial charge in [0.05, 0.1) is 23.9 Å². The molecular formula is C13H22ClN3O. The predicted octanol–water partition coefficient (Wildman–Crippen LogP) is 2.43. The molecule has 2 heterocycles. The number of ether oxygens (including phenoxy) is 1. The molecule has 1 aliphatic heterocycles. The molecule has 1 atom stereocenters. The summed E-state index contributed by atoms with van der Waals surface area (Å²) in [6, 6.07) is 0. The van der Waals surface area contributed by atoms with E-state index in [1.165, 1.54) is 19.3 Å². The van der Waals surface area contributed by atoms with Gasteiger partial charge >= 0.3 is 0 Å². The number of rotatable bonds is 6. The smallest absolute Gasteiger partial charge is 0.0785 e. The van der Waals surface area contributed by atoms with Gasteiger partial charge in [-0.05, 0) is 32.7 Å². The highest BCUT2D eigenvalue weighted by molar-refractivity contribution is 6.30. The number of nitrogens with zero attached hydrogens (tertiary/aromatic N) is 3. The molecule has 0 saturated carbocycles. The van der Waals surface area contributed by atoms with Crippen molar-refractivity contribution >= 4 is 11.6 Å². The zero-order chi connectivity index (χ0) is 12.8. The third-order valence-electron chi connectivity index (χ3n) is 3.42. The van der Waals surface area contributed by atoms with Crippen molar-refractivity contribution in [2.45, 2.75) is 38.3 Å². The first kappa shape index (κ1) is 13.8. The maximum Gasteiger partial charge on any atom is 0.0785 e. The quantitative estimate of drug-likeness (QED) is 0.796. The van der Waals surface area contributed by atoms with Gasteiger partial charge in [-0.3, -0.25) is 4.68 Å². The second-order valence-corrected chi connectivity index (χ2v) is 5.44. The molecular weight excluding hydrogens is 250 g/mol. The molecule has 102 valence electrons. The third kappa shape index (κ3) is 4.59. The molecule has 4 nitrogen and oxygen atoms in total. The van der Waals surface area contributed by atoms with E-state index in [-0.39, 0.29) is 0 Å². The zero-order valence-electron chi connectivity index (χ0n) is 11.0. The van der Waals surface area contributed by atoms with Crippen LogP contribution in [0.4, 0.5) is 0 Å². The molecule has 0 spiro atoms. The van der Waals surface area contributed by atoms with E-state index in [4.69, 9.17) is 16.3 Å². The fraction of sp³-hybridized carbons (Fsp3) is 0.769. The molecule has 5 heteroatoms. The van der Waals surface area contributed by atoms with E-state index in [0.717, 1.165) is 32.7 Å². The summed E-state index contributed by atoms with van der Waals surface area (Å²) in [6.07, 6.45) is 8.92. The third-order valence-corrected chi connectivity index (χ3v) is 3.61. The fourth-order valence-corrected chi connectivity index (χ4v) is 2.40. The lowest BCUT2D eigenvalue weighted by Gasteiger charge is -2.25. The average Bonchev–Trinajstić information content (AvgIpc) is 2.81. The molecule has 1 fully saturated rings. The van der Waals surface area contributed by atoms with Gasteiger partial charge in [-0.15, -0.1) is 0 Å². The maximum atomic E-state index is 5.82. The van der Waals surface area contributed by atoms with Crippen molar-refractivity contribution in [1.82, 2.24) is 14.7 Å². The Morgan fingerprint density at radius 1 is 1.50 bits per heavy atom. The van der Waals surface area contributed by atoms with Crippen molar-refractivity contribution in [3.63, 3.8) is 0 Å². The summed E-state index contributed by atoms with van der Waals surface area (Å²) in [7, 11) is 2.15. The molecule has 0 aliphatic carbocycles. The molecule has 0 radical (unpaired) electrons. The highest BCUT2D eigenvalue weighted by Crippen LogP contribution is 2.15. The Balaban J connectivity index is 1.61. The van der Waals surface area contributed by atoms with Crippen LogP contribution < -0.4 is 0 Å². The van der Waals surface area contributed by atoms with E-state index in [2.05, 4.69) is 17.0 Å². The largest absolute Gasteiger partial charge is 0.378 e. The van der Waals surface area contributed by atoms with Crippen LogP contribution in [-0.4, -0.2) is 47.5 Å². The SMILES string of the molecule is CN(CC[C@@H]1CCCCO1)CCn1cc(Cl)cn1. The van der Waals surface area contributed by atoms with Gasteiger partial charge in [0.25, 0.3) is 0 Å². The molecule has 1 saturated heterocycles. The van der Waals surface area contributed by atoms with Crippen molar-refractivity contribution in [2.24, 2.45) is 0 Å². The molecule has 1 aromatic heterocycles. The van der Waals surface area contributed by atoms with Crippen molar-refractivity contribution in [3.05, 3.63) is 17.4 Å². The first-order chi connectivity index (χ1) is 8.74. The van der Waals surface area contributed by atoms with E-state index < -0.39 is 0 Å². The zero-order valence-corrected chi connectivity index (χ0v) is 11.8. The van der Waals surface area contributed by atoms with Gasteiger partial charge in [0.15, 0.2) is 0 Å². The lowest BCUT2D eigenvalue weighted by atomic mass is 10.1. The highest BCUT2D eigenvalue weighted by atomic mass is 35.5. The van der Waals surface area contributed by atoms with Crippen LogP contribution >= 0.6 is 11.6 Å². The van der Waals surface area contributed by atoms with E-state index in [1.54, 1.807) is 6.20 Å². The molecule has 1 aliphatic rings. The normalized spacial score (nSPS) is 20.5. The minimum absolute atomic E-state index is 0.473. The first-order valence-corrected chi connectivity index (χ1v) is 7.10. The fourth-order valence-electron chi connectivity index (χ4n) is 2.25. The van der Waals surface area contributed by atoms with Crippen molar-refractivity contribution in [3.8, 4) is 0 Å². The summed E-state index contributed by atoms with van der Waals surface area (Å²) in [6.45, 7) is 3.90. The molecule has 1 aromatic rings. The van der Waals surface area contributed by atoms with Crippen molar-refractivity contribution in [2.75, 3.05) is 26.7 Å². The minimum atomic E-state index is 0.473. The Morgan fingerprint density at radius 3 is 3.06 bits per heavy atom. The van der Waals surface area contributed by atoms with E-state index in [0.29, 0.717) is 11.1 Å². The van der Waals surface area contributed by atoms with Crippen molar-refractivity contribution < 1.29 is 4.74 Å². The number of halogens is 1. The van der Waals surface area contributed by atoms with Crippen LogP contribution in [0.15, 0.2) is 12.4 Å². The van der Waals surface area contributed by atoms with Gasteiger partial charge in [0, 0.05) is 25.9 Å². The van der Waals surface area contributed by atoms with Crippen molar-refractivity contribution in [1.29, 1.82) is 0 Å². The van der Waals surface area contributed by atoms with E-state index in [1.807, 2.05) is 10.9 Å². The molecule has 18 heavy (non-hydrogen) atoms. The highest BCUT2D eigenvalue weighted by Gasteiger charge is 2.14. The topological polar surface area (TPSA) is 30.3 Å². The van der Waals surface area contributed by atoms with Gasteiger partial charge in [-0.25, -0.2) is 0 Å². The predicted molar refractivity (Wildman–Crippen MR) is 72.9 cm³/mol. The molecule has 2 rings (SSSR count). The summed E-state index contributed by atoms with van der Waals surface area (Å²) in [5, 5.41) is 4.87. The molecule has 0 unspecified atom stereocenters. The summed E-state index contributed by atoms with van der Waals surface area (Å²) in [5.41, 5.74) is 0. The molecule has 0 bridgehead atoms. The lowest BCUT2D eigenvalue weighted by molar-refractivity contribution is 0.00660. The Bertz CT molecular complexity index is 350. The van der Waals surface area contributed by atoms with Crippen LogP contribution in [0.25, 0.3) is 0 Å². The lowest BCUT2D eigenvalue weighted by Crippen LogP contribution is -2.29. The Labute approximate surface area is 114 Å². The van der Waals surface area contributed by atoms with Gasteiger partial charge in [-0.1, -0.05) is 11.6 Å². The second-order valence-electron chi connectivity index (χ2n) is 5.00. The molecule has 0 amide bonds. The summed E-state index contributed by atoms with van der Waals surface area (Å²) in [5.74, 6) is 0.